The van der Waals surface area contributed by atoms with Crippen molar-refractivity contribution in [2.75, 3.05) is 58.5 Å². The molecule has 0 atom stereocenters. The van der Waals surface area contributed by atoms with E-state index in [1.165, 1.54) is 24.6 Å². The van der Waals surface area contributed by atoms with E-state index in [-0.39, 0.29) is 31.1 Å². The molecule has 0 amide bonds. The fourth-order valence-corrected chi connectivity index (χ4v) is 7.18. The molecule has 0 spiro atoms. The Kier molecular flexibility index (Phi) is 8.25. The first-order valence-electron chi connectivity index (χ1n) is 11.0. The van der Waals surface area contributed by atoms with Crippen LogP contribution in [0.5, 0.6) is 5.75 Å². The molecule has 34 heavy (non-hydrogen) atoms. The van der Waals surface area contributed by atoms with E-state index in [1.807, 2.05) is 37.8 Å². The lowest BCUT2D eigenvalue weighted by molar-refractivity contribution is 0.204. The van der Waals surface area contributed by atoms with Gasteiger partial charge in [0.15, 0.2) is 0 Å². The number of aryl methyl sites for hydroxylation is 3. The third-order valence-corrected chi connectivity index (χ3v) is 9.50. The van der Waals surface area contributed by atoms with Gasteiger partial charge in [-0.05, 0) is 50.1 Å². The summed E-state index contributed by atoms with van der Waals surface area (Å²) in [6, 6.07) is 8.43. The van der Waals surface area contributed by atoms with Crippen LogP contribution in [0.3, 0.4) is 0 Å². The maximum atomic E-state index is 13.4. The summed E-state index contributed by atoms with van der Waals surface area (Å²) >= 11 is 0. The van der Waals surface area contributed by atoms with Crippen LogP contribution in [0.1, 0.15) is 16.7 Å². The summed E-state index contributed by atoms with van der Waals surface area (Å²) in [5.74, 6) is 0.525. The Labute approximate surface area is 202 Å². The molecule has 9 nitrogen and oxygen atoms in total. The van der Waals surface area contributed by atoms with Crippen molar-refractivity contribution in [1.29, 1.82) is 0 Å². The minimum atomic E-state index is -3.72. The lowest BCUT2D eigenvalue weighted by Crippen LogP contribution is -2.49. The van der Waals surface area contributed by atoms with Gasteiger partial charge in [0.25, 0.3) is 0 Å². The predicted octanol–water partition coefficient (Wildman–Crippen LogP) is 2.06. The lowest BCUT2D eigenvalue weighted by Gasteiger charge is -2.36. The molecule has 1 aliphatic heterocycles. The van der Waals surface area contributed by atoms with Crippen molar-refractivity contribution in [3.05, 3.63) is 47.0 Å². The first kappa shape index (κ1) is 26.4. The Morgan fingerprint density at radius 1 is 0.912 bits per heavy atom. The maximum absolute atomic E-state index is 13.4. The zero-order valence-corrected chi connectivity index (χ0v) is 21.9. The number of benzene rings is 2. The van der Waals surface area contributed by atoms with E-state index in [0.717, 1.165) is 16.7 Å². The molecule has 2 aromatic rings. The van der Waals surface area contributed by atoms with Crippen molar-refractivity contribution in [2.24, 2.45) is 0 Å². The maximum Gasteiger partial charge on any atom is 0.243 e. The molecule has 0 radical (unpaired) electrons. The number of nitrogens with zero attached hydrogens (tertiary/aromatic N) is 2. The van der Waals surface area contributed by atoms with Crippen LogP contribution in [0, 0.1) is 20.8 Å². The standard InChI is InChI=1S/C23H33N3O6S2/c1-17-14-18(2)23(19(3)15-17)34(29,30)26-11-9-25(10-12-26)21-16-20(6-7-22(21)32-5)33(27,28)24-8-13-31-4/h6-7,14-16,24H,8-13H2,1-5H3. The van der Waals surface area contributed by atoms with Gasteiger partial charge in [-0.25, -0.2) is 21.6 Å². The Morgan fingerprint density at radius 3 is 2.09 bits per heavy atom. The van der Waals surface area contributed by atoms with Gasteiger partial charge in [-0.2, -0.15) is 4.31 Å². The van der Waals surface area contributed by atoms with Crippen molar-refractivity contribution in [2.45, 2.75) is 30.6 Å². The Balaban J connectivity index is 1.82. The van der Waals surface area contributed by atoms with Crippen LogP contribution in [0.2, 0.25) is 0 Å². The van der Waals surface area contributed by atoms with E-state index in [9.17, 15) is 16.8 Å². The quantitative estimate of drug-likeness (QED) is 0.514. The zero-order chi connectivity index (χ0) is 25.1. The molecule has 0 unspecified atom stereocenters. The van der Waals surface area contributed by atoms with Crippen LogP contribution in [0.25, 0.3) is 0 Å². The Bertz CT molecular complexity index is 1210. The van der Waals surface area contributed by atoms with Crippen molar-refractivity contribution < 1.29 is 26.3 Å². The van der Waals surface area contributed by atoms with Gasteiger partial charge >= 0.3 is 0 Å². The third kappa shape index (κ3) is 5.55. The largest absolute Gasteiger partial charge is 0.495 e. The molecule has 0 bridgehead atoms. The molecule has 2 aromatic carbocycles. The van der Waals surface area contributed by atoms with Gasteiger partial charge in [0.2, 0.25) is 20.0 Å². The van der Waals surface area contributed by atoms with Gasteiger partial charge in [-0.1, -0.05) is 17.7 Å². The second-order valence-electron chi connectivity index (χ2n) is 8.34. The molecular weight excluding hydrogens is 478 g/mol. The van der Waals surface area contributed by atoms with Crippen LogP contribution in [-0.4, -0.2) is 74.7 Å². The highest BCUT2D eigenvalue weighted by Gasteiger charge is 2.32. The van der Waals surface area contributed by atoms with Crippen molar-refractivity contribution >= 4 is 25.7 Å². The highest BCUT2D eigenvalue weighted by Crippen LogP contribution is 2.33. The monoisotopic (exact) mass is 511 g/mol. The van der Waals surface area contributed by atoms with Gasteiger partial charge in [0.05, 0.1) is 29.2 Å². The molecule has 1 aliphatic rings. The van der Waals surface area contributed by atoms with E-state index in [2.05, 4.69) is 4.72 Å². The van der Waals surface area contributed by atoms with Crippen molar-refractivity contribution in [3.63, 3.8) is 0 Å². The van der Waals surface area contributed by atoms with Gasteiger partial charge in [-0.15, -0.1) is 0 Å². The molecule has 1 saturated heterocycles. The molecule has 0 aromatic heterocycles. The number of piperazine rings is 1. The van der Waals surface area contributed by atoms with Crippen LogP contribution < -0.4 is 14.4 Å². The summed E-state index contributed by atoms with van der Waals surface area (Å²) in [6.07, 6.45) is 0. The number of nitrogens with one attached hydrogen (secondary N) is 1. The van der Waals surface area contributed by atoms with Crippen LogP contribution in [-0.2, 0) is 24.8 Å². The number of ether oxygens (including phenoxy) is 2. The normalized spacial score (nSPS) is 15.5. The van der Waals surface area contributed by atoms with Crippen LogP contribution >= 0.6 is 0 Å². The average molecular weight is 512 g/mol. The molecular formula is C23H33N3O6S2. The number of hydrogen-bond acceptors (Lipinski definition) is 7. The molecule has 0 saturated carbocycles. The fourth-order valence-electron chi connectivity index (χ4n) is 4.32. The number of methoxy groups -OCH3 is 2. The first-order chi connectivity index (χ1) is 16.0. The fraction of sp³-hybridized carbons (Fsp3) is 0.478. The predicted molar refractivity (Wildman–Crippen MR) is 132 cm³/mol. The highest BCUT2D eigenvalue weighted by molar-refractivity contribution is 7.89. The van der Waals surface area contributed by atoms with Crippen molar-refractivity contribution in [1.82, 2.24) is 9.03 Å². The third-order valence-electron chi connectivity index (χ3n) is 5.84. The smallest absolute Gasteiger partial charge is 0.243 e. The second-order valence-corrected chi connectivity index (χ2v) is 12.0. The molecule has 1 fully saturated rings. The van der Waals surface area contributed by atoms with Crippen LogP contribution in [0.15, 0.2) is 40.1 Å². The Morgan fingerprint density at radius 2 is 1.53 bits per heavy atom. The summed E-state index contributed by atoms with van der Waals surface area (Å²) < 4.78 is 66.5. The summed E-state index contributed by atoms with van der Waals surface area (Å²) in [7, 11) is -4.35. The minimum Gasteiger partial charge on any atom is -0.495 e. The van der Waals surface area contributed by atoms with Gasteiger partial charge < -0.3 is 14.4 Å². The first-order valence-corrected chi connectivity index (χ1v) is 13.9. The van der Waals surface area contributed by atoms with E-state index in [0.29, 0.717) is 29.4 Å². The summed E-state index contributed by atoms with van der Waals surface area (Å²) in [4.78, 5) is 2.42. The number of hydrogen-bond donors (Lipinski definition) is 1. The van der Waals surface area contributed by atoms with E-state index < -0.39 is 20.0 Å². The molecule has 11 heteroatoms. The lowest BCUT2D eigenvalue weighted by atomic mass is 10.1. The summed E-state index contributed by atoms with van der Waals surface area (Å²) in [6.45, 7) is 7.38. The summed E-state index contributed by atoms with van der Waals surface area (Å²) in [5.41, 5.74) is 3.11. The van der Waals surface area contributed by atoms with Crippen molar-refractivity contribution in [3.8, 4) is 5.75 Å². The van der Waals surface area contributed by atoms with E-state index >= 15 is 0 Å². The zero-order valence-electron chi connectivity index (χ0n) is 20.3. The van der Waals surface area contributed by atoms with E-state index in [1.54, 1.807) is 12.1 Å². The number of sulfonamides is 2. The number of rotatable bonds is 9. The molecule has 188 valence electrons. The topological polar surface area (TPSA) is 105 Å². The van der Waals surface area contributed by atoms with Gasteiger partial charge in [0, 0.05) is 39.8 Å². The summed E-state index contributed by atoms with van der Waals surface area (Å²) in [5, 5.41) is 0. The average Bonchev–Trinajstić information content (AvgIpc) is 2.78. The Hall–Kier alpha value is -2.18. The van der Waals surface area contributed by atoms with E-state index in [4.69, 9.17) is 9.47 Å². The van der Waals surface area contributed by atoms with Gasteiger partial charge in [-0.3, -0.25) is 0 Å². The molecule has 1 N–H and O–H groups in total. The molecule has 1 heterocycles. The molecule has 3 rings (SSSR count). The van der Waals surface area contributed by atoms with Crippen LogP contribution in [0.4, 0.5) is 5.69 Å². The highest BCUT2D eigenvalue weighted by atomic mass is 32.2. The SMILES string of the molecule is COCCNS(=O)(=O)c1ccc(OC)c(N2CCN(S(=O)(=O)c3c(C)cc(C)cc3C)CC2)c1. The second kappa shape index (κ2) is 10.6. The molecule has 0 aliphatic carbocycles. The van der Waals surface area contributed by atoms with Gasteiger partial charge in [0.1, 0.15) is 5.75 Å². The minimum absolute atomic E-state index is 0.111. The number of anilines is 1.